The molecule has 0 saturated heterocycles. The van der Waals surface area contributed by atoms with Gasteiger partial charge in [0, 0.05) is 44.8 Å². The highest BCUT2D eigenvalue weighted by molar-refractivity contribution is 5.94. The maximum absolute atomic E-state index is 11.8. The van der Waals surface area contributed by atoms with E-state index in [1.165, 1.54) is 7.11 Å². The van der Waals surface area contributed by atoms with Crippen LogP contribution >= 0.6 is 0 Å². The number of nitrogens with one attached hydrogen (secondary N) is 3. The molecule has 0 aliphatic heterocycles. The van der Waals surface area contributed by atoms with E-state index in [2.05, 4.69) is 88.4 Å². The molecule has 7 heteroatoms. The number of carbonyl (C=O) groups is 3. The number of amides is 2. The summed E-state index contributed by atoms with van der Waals surface area (Å²) in [5, 5.41) is 8.64. The zero-order valence-electron chi connectivity index (χ0n) is 22.0. The van der Waals surface area contributed by atoms with Crippen LogP contribution in [0.15, 0.2) is 72.9 Å². The Morgan fingerprint density at radius 3 is 1.75 bits per heavy atom. The van der Waals surface area contributed by atoms with Gasteiger partial charge in [0.15, 0.2) is 0 Å². The lowest BCUT2D eigenvalue weighted by atomic mass is 10.2. The molecule has 0 spiro atoms. The van der Waals surface area contributed by atoms with E-state index < -0.39 is 5.97 Å². The molecule has 0 fully saturated rings. The largest absolute Gasteiger partial charge is 0.466 e. The normalized spacial score (nSPS) is 12.2. The number of hydrogen-bond donors (Lipinski definition) is 3. The van der Waals surface area contributed by atoms with Crippen molar-refractivity contribution in [2.24, 2.45) is 0 Å². The molecule has 0 radical (unpaired) electrons. The van der Waals surface area contributed by atoms with E-state index in [0.717, 1.165) is 57.1 Å². The first-order valence-corrected chi connectivity index (χ1v) is 12.9. The Labute approximate surface area is 217 Å². The Hall–Kier alpha value is -3.19. The summed E-state index contributed by atoms with van der Waals surface area (Å²) in [5.74, 6) is -0.884. The first-order valence-electron chi connectivity index (χ1n) is 12.9. The van der Waals surface area contributed by atoms with Gasteiger partial charge in [0.05, 0.1) is 7.11 Å². The highest BCUT2D eigenvalue weighted by Gasteiger charge is 2.00. The van der Waals surface area contributed by atoms with Crippen molar-refractivity contribution in [1.82, 2.24) is 16.0 Å². The van der Waals surface area contributed by atoms with Crippen molar-refractivity contribution in [2.45, 2.75) is 58.3 Å². The van der Waals surface area contributed by atoms with Crippen LogP contribution in [0.2, 0.25) is 0 Å². The second-order valence-corrected chi connectivity index (χ2v) is 7.85. The lowest BCUT2D eigenvalue weighted by Crippen LogP contribution is -2.36. The third kappa shape index (κ3) is 25.4. The summed E-state index contributed by atoms with van der Waals surface area (Å²) in [7, 11) is 1.25. The van der Waals surface area contributed by atoms with Crippen molar-refractivity contribution in [3.05, 3.63) is 72.9 Å². The van der Waals surface area contributed by atoms with Gasteiger partial charge in [0.2, 0.25) is 11.8 Å². The second-order valence-electron chi connectivity index (χ2n) is 7.85. The van der Waals surface area contributed by atoms with Gasteiger partial charge in [-0.25, -0.2) is 4.79 Å². The van der Waals surface area contributed by atoms with Crippen molar-refractivity contribution >= 4 is 17.8 Å². The molecule has 200 valence electrons. The molecule has 2 amide bonds. The van der Waals surface area contributed by atoms with E-state index in [9.17, 15) is 14.4 Å². The minimum absolute atomic E-state index is 0.0467. The fraction of sp³-hybridized carbons (Fsp3) is 0.483. The minimum Gasteiger partial charge on any atom is -0.466 e. The van der Waals surface area contributed by atoms with Gasteiger partial charge < -0.3 is 20.7 Å². The van der Waals surface area contributed by atoms with Crippen LogP contribution in [0, 0.1) is 0 Å². The highest BCUT2D eigenvalue weighted by Crippen LogP contribution is 1.99. The predicted molar refractivity (Wildman–Crippen MR) is 148 cm³/mol. The fourth-order valence-electron chi connectivity index (χ4n) is 2.80. The van der Waals surface area contributed by atoms with Crippen LogP contribution in [-0.4, -0.2) is 51.1 Å². The molecule has 36 heavy (non-hydrogen) atoms. The molecule has 7 nitrogen and oxygen atoms in total. The van der Waals surface area contributed by atoms with E-state index >= 15 is 0 Å². The molecular weight excluding hydrogens is 454 g/mol. The van der Waals surface area contributed by atoms with Gasteiger partial charge in [-0.15, -0.1) is 0 Å². The lowest BCUT2D eigenvalue weighted by Gasteiger charge is -2.07. The molecule has 0 aromatic carbocycles. The average Bonchev–Trinajstić information content (AvgIpc) is 2.88. The molecular formula is C29H45N3O4. The number of carbonyl (C=O) groups excluding carboxylic acids is 3. The maximum Gasteiger partial charge on any atom is 0.330 e. The van der Waals surface area contributed by atoms with Crippen molar-refractivity contribution in [3.8, 4) is 0 Å². The quantitative estimate of drug-likeness (QED) is 0.0938. The molecule has 0 atom stereocenters. The van der Waals surface area contributed by atoms with Crippen molar-refractivity contribution in [1.29, 1.82) is 0 Å². The number of esters is 1. The Morgan fingerprint density at radius 1 is 0.667 bits per heavy atom. The number of rotatable bonds is 21. The van der Waals surface area contributed by atoms with Crippen molar-refractivity contribution in [3.63, 3.8) is 0 Å². The molecule has 0 aliphatic carbocycles. The standard InChI is InChI=1S/C29H45N3O4/c1-3-4-5-6-7-8-9-10-11-12-13-14-15-16-17-18-19-20-27(33)31-25-23-30-24-26-32-28(34)21-22-29(35)36-2/h4-5,7-8,10-11,13-14,16-17,21-22,30H,3,6,9,12,15,18-20,23-26H2,1-2H3,(H,31,33)(H,32,34). The first-order chi connectivity index (χ1) is 17.6. The molecule has 0 heterocycles. The van der Waals surface area contributed by atoms with Gasteiger partial charge >= 0.3 is 5.97 Å². The third-order valence-electron chi connectivity index (χ3n) is 4.73. The Bertz CT molecular complexity index is 764. The number of methoxy groups -OCH3 is 1. The van der Waals surface area contributed by atoms with Gasteiger partial charge in [-0.2, -0.15) is 0 Å². The molecule has 0 saturated carbocycles. The van der Waals surface area contributed by atoms with Crippen LogP contribution in [0.3, 0.4) is 0 Å². The highest BCUT2D eigenvalue weighted by atomic mass is 16.5. The maximum atomic E-state index is 11.8. The molecule has 0 aromatic heterocycles. The van der Waals surface area contributed by atoms with Gasteiger partial charge in [-0.1, -0.05) is 67.7 Å². The third-order valence-corrected chi connectivity index (χ3v) is 4.73. The first kappa shape index (κ1) is 32.8. The fourth-order valence-corrected chi connectivity index (χ4v) is 2.80. The van der Waals surface area contributed by atoms with Gasteiger partial charge in [0.25, 0.3) is 0 Å². The van der Waals surface area contributed by atoms with Gasteiger partial charge in [0.1, 0.15) is 0 Å². The molecule has 3 N–H and O–H groups in total. The van der Waals surface area contributed by atoms with Crippen LogP contribution in [0.4, 0.5) is 0 Å². The minimum atomic E-state index is -0.572. The molecule has 0 rings (SSSR count). The van der Waals surface area contributed by atoms with Gasteiger partial charge in [-0.05, 0) is 44.9 Å². The van der Waals surface area contributed by atoms with Crippen LogP contribution in [-0.2, 0) is 19.1 Å². The van der Waals surface area contributed by atoms with Crippen LogP contribution in [0.25, 0.3) is 0 Å². The molecule has 0 bridgehead atoms. The Morgan fingerprint density at radius 2 is 1.19 bits per heavy atom. The van der Waals surface area contributed by atoms with Crippen LogP contribution < -0.4 is 16.0 Å². The number of ether oxygens (including phenoxy) is 1. The number of unbranched alkanes of at least 4 members (excludes halogenated alkanes) is 1. The van der Waals surface area contributed by atoms with E-state index in [0.29, 0.717) is 32.6 Å². The number of hydrogen-bond acceptors (Lipinski definition) is 5. The van der Waals surface area contributed by atoms with E-state index in [1.54, 1.807) is 0 Å². The summed E-state index contributed by atoms with van der Waals surface area (Å²) < 4.78 is 4.41. The summed E-state index contributed by atoms with van der Waals surface area (Å²) in [6, 6.07) is 0. The summed E-state index contributed by atoms with van der Waals surface area (Å²) in [6.07, 6.45) is 31.1. The summed E-state index contributed by atoms with van der Waals surface area (Å²) in [4.78, 5) is 34.2. The molecule has 0 unspecified atom stereocenters. The smallest absolute Gasteiger partial charge is 0.330 e. The van der Waals surface area contributed by atoms with Crippen LogP contribution in [0.5, 0.6) is 0 Å². The summed E-state index contributed by atoms with van der Waals surface area (Å²) in [6.45, 7) is 4.29. The monoisotopic (exact) mass is 499 g/mol. The number of allylic oxidation sites excluding steroid dienone is 10. The van der Waals surface area contributed by atoms with Crippen LogP contribution in [0.1, 0.15) is 58.3 Å². The zero-order valence-corrected chi connectivity index (χ0v) is 22.0. The van der Waals surface area contributed by atoms with Gasteiger partial charge in [-0.3, -0.25) is 9.59 Å². The zero-order chi connectivity index (χ0) is 26.5. The van der Waals surface area contributed by atoms with E-state index in [4.69, 9.17) is 0 Å². The second kappa shape index (κ2) is 26.4. The SMILES string of the molecule is CCC=CCC=CCC=CCC=CCC=CCCCC(=O)NCCNCCNC(=O)C=CC(=O)OC. The van der Waals surface area contributed by atoms with Crippen molar-refractivity contribution in [2.75, 3.05) is 33.3 Å². The summed E-state index contributed by atoms with van der Waals surface area (Å²) >= 11 is 0. The Balaban J connectivity index is 3.55. The molecule has 0 aromatic rings. The lowest BCUT2D eigenvalue weighted by molar-refractivity contribution is -0.135. The topological polar surface area (TPSA) is 96.5 Å². The average molecular weight is 500 g/mol. The van der Waals surface area contributed by atoms with E-state index in [1.807, 2.05) is 0 Å². The van der Waals surface area contributed by atoms with Crippen molar-refractivity contribution < 1.29 is 19.1 Å². The Kier molecular flexibility index (Phi) is 24.1. The summed E-state index contributed by atoms with van der Waals surface area (Å²) in [5.41, 5.74) is 0. The predicted octanol–water partition coefficient (Wildman–Crippen LogP) is 4.46. The molecule has 0 aliphatic rings. The van der Waals surface area contributed by atoms with E-state index in [-0.39, 0.29) is 11.8 Å².